The lowest BCUT2D eigenvalue weighted by molar-refractivity contribution is -0.116. The highest BCUT2D eigenvalue weighted by molar-refractivity contribution is 7.15. The Morgan fingerprint density at radius 3 is 2.80 bits per heavy atom. The quantitative estimate of drug-likeness (QED) is 0.624. The van der Waals surface area contributed by atoms with E-state index in [1.807, 2.05) is 19.1 Å². The zero-order chi connectivity index (χ0) is 18.1. The summed E-state index contributed by atoms with van der Waals surface area (Å²) in [7, 11) is 0. The van der Waals surface area contributed by atoms with Crippen LogP contribution in [0.5, 0.6) is 5.75 Å². The average Bonchev–Trinajstić information content (AvgIpc) is 3.01. The summed E-state index contributed by atoms with van der Waals surface area (Å²) in [6.45, 7) is 6.79. The summed E-state index contributed by atoms with van der Waals surface area (Å²) < 4.78 is 5.75. The van der Waals surface area contributed by atoms with Crippen LogP contribution in [-0.4, -0.2) is 22.7 Å². The molecule has 0 unspecified atom stereocenters. The van der Waals surface area contributed by atoms with Gasteiger partial charge in [0.1, 0.15) is 10.8 Å². The largest absolute Gasteiger partial charge is 0.493 e. The topological polar surface area (TPSA) is 64.1 Å². The molecule has 0 saturated carbocycles. The molecule has 0 aliphatic rings. The Morgan fingerprint density at radius 1 is 1.20 bits per heavy atom. The van der Waals surface area contributed by atoms with E-state index in [0.717, 1.165) is 29.2 Å². The number of unbranched alkanes of at least 4 members (excludes halogenated alkanes) is 2. The first-order valence-corrected chi connectivity index (χ1v) is 9.72. The number of rotatable bonds is 10. The molecule has 0 fully saturated rings. The Kier molecular flexibility index (Phi) is 7.85. The molecule has 1 N–H and O–H groups in total. The van der Waals surface area contributed by atoms with E-state index >= 15 is 0 Å². The third-order valence-corrected chi connectivity index (χ3v) is 4.74. The predicted octanol–water partition coefficient (Wildman–Crippen LogP) is 4.69. The van der Waals surface area contributed by atoms with Gasteiger partial charge in [0.15, 0.2) is 0 Å². The summed E-state index contributed by atoms with van der Waals surface area (Å²) in [4.78, 5) is 12.0. The molecule has 25 heavy (non-hydrogen) atoms. The lowest BCUT2D eigenvalue weighted by Crippen LogP contribution is -2.12. The molecule has 136 valence electrons. The monoisotopic (exact) mass is 361 g/mol. The second-order valence-electron chi connectivity index (χ2n) is 6.23. The van der Waals surface area contributed by atoms with Gasteiger partial charge >= 0.3 is 0 Å². The molecule has 0 saturated heterocycles. The van der Waals surface area contributed by atoms with Gasteiger partial charge in [-0.05, 0) is 38.3 Å². The number of aryl methyl sites for hydroxylation is 3. The van der Waals surface area contributed by atoms with Crippen LogP contribution in [0, 0.1) is 13.8 Å². The minimum absolute atomic E-state index is 0.0412. The normalized spacial score (nSPS) is 10.7. The Labute approximate surface area is 153 Å². The first-order valence-electron chi connectivity index (χ1n) is 8.90. The van der Waals surface area contributed by atoms with Crippen molar-refractivity contribution in [2.75, 3.05) is 11.9 Å². The van der Waals surface area contributed by atoms with Crippen molar-refractivity contribution in [3.05, 3.63) is 34.3 Å². The van der Waals surface area contributed by atoms with E-state index in [1.165, 1.54) is 29.7 Å². The first-order chi connectivity index (χ1) is 12.1. The van der Waals surface area contributed by atoms with Gasteiger partial charge < -0.3 is 10.1 Å². The van der Waals surface area contributed by atoms with Crippen molar-refractivity contribution in [1.82, 2.24) is 10.2 Å². The number of nitrogens with one attached hydrogen (secondary N) is 1. The molecule has 0 radical (unpaired) electrons. The van der Waals surface area contributed by atoms with Crippen molar-refractivity contribution in [2.45, 2.75) is 59.3 Å². The molecule has 1 aromatic carbocycles. The molecular weight excluding hydrogens is 334 g/mol. The molecule has 2 aromatic rings. The van der Waals surface area contributed by atoms with E-state index in [9.17, 15) is 4.79 Å². The smallest absolute Gasteiger partial charge is 0.226 e. The van der Waals surface area contributed by atoms with Crippen LogP contribution < -0.4 is 10.1 Å². The number of nitrogens with zero attached hydrogens (tertiary/aromatic N) is 2. The molecule has 5 nitrogen and oxygen atoms in total. The van der Waals surface area contributed by atoms with Gasteiger partial charge in [-0.3, -0.25) is 4.79 Å². The maximum atomic E-state index is 12.0. The number of anilines is 1. The van der Waals surface area contributed by atoms with Crippen molar-refractivity contribution >= 4 is 22.4 Å². The van der Waals surface area contributed by atoms with Crippen molar-refractivity contribution in [1.29, 1.82) is 0 Å². The third kappa shape index (κ3) is 6.82. The number of hydrogen-bond donors (Lipinski definition) is 1. The van der Waals surface area contributed by atoms with Crippen LogP contribution in [0.1, 0.15) is 55.2 Å². The number of carbonyl (C=O) groups is 1. The number of carbonyl (C=O) groups excluding carboxylic acids is 1. The standard InChI is InChI=1S/C19H27N3O2S/c1-4-5-6-9-18-21-22-19(25-18)20-17(23)8-7-12-24-16-11-10-14(2)13-15(16)3/h10-11,13H,4-9,12H2,1-3H3,(H,20,22,23). The van der Waals surface area contributed by atoms with Crippen molar-refractivity contribution in [3.63, 3.8) is 0 Å². The van der Waals surface area contributed by atoms with E-state index in [4.69, 9.17) is 4.74 Å². The van der Waals surface area contributed by atoms with Crippen molar-refractivity contribution < 1.29 is 9.53 Å². The zero-order valence-electron chi connectivity index (χ0n) is 15.3. The number of ether oxygens (including phenoxy) is 1. The number of hydrogen-bond acceptors (Lipinski definition) is 5. The summed E-state index contributed by atoms with van der Waals surface area (Å²) in [6, 6.07) is 6.10. The first kappa shape index (κ1) is 19.4. The molecule has 1 aromatic heterocycles. The van der Waals surface area contributed by atoms with E-state index < -0.39 is 0 Å². The zero-order valence-corrected chi connectivity index (χ0v) is 16.1. The SMILES string of the molecule is CCCCCc1nnc(NC(=O)CCCOc2ccc(C)cc2C)s1. The van der Waals surface area contributed by atoms with Crippen LogP contribution in [-0.2, 0) is 11.2 Å². The Hall–Kier alpha value is -1.95. The summed E-state index contributed by atoms with van der Waals surface area (Å²) in [6.07, 6.45) is 5.52. The van der Waals surface area contributed by atoms with E-state index in [1.54, 1.807) is 0 Å². The fourth-order valence-corrected chi connectivity index (χ4v) is 3.29. The van der Waals surface area contributed by atoms with Gasteiger partial charge in [0.2, 0.25) is 11.0 Å². The van der Waals surface area contributed by atoms with Gasteiger partial charge in [-0.25, -0.2) is 0 Å². The second-order valence-corrected chi connectivity index (χ2v) is 7.29. The maximum Gasteiger partial charge on any atom is 0.226 e. The van der Waals surface area contributed by atoms with Gasteiger partial charge in [-0.2, -0.15) is 0 Å². The molecule has 0 bridgehead atoms. The van der Waals surface area contributed by atoms with Gasteiger partial charge in [0, 0.05) is 12.8 Å². The van der Waals surface area contributed by atoms with Crippen LogP contribution in [0.25, 0.3) is 0 Å². The molecule has 1 heterocycles. The van der Waals surface area contributed by atoms with Crippen molar-refractivity contribution in [2.24, 2.45) is 0 Å². The number of amides is 1. The van der Waals surface area contributed by atoms with E-state index in [-0.39, 0.29) is 5.91 Å². The highest BCUT2D eigenvalue weighted by atomic mass is 32.1. The molecule has 0 atom stereocenters. The van der Waals surface area contributed by atoms with E-state index in [0.29, 0.717) is 24.6 Å². The van der Waals surface area contributed by atoms with Crippen LogP contribution in [0.3, 0.4) is 0 Å². The van der Waals surface area contributed by atoms with Crippen LogP contribution in [0.4, 0.5) is 5.13 Å². The van der Waals surface area contributed by atoms with Gasteiger partial charge in [0.25, 0.3) is 0 Å². The highest BCUT2D eigenvalue weighted by Gasteiger charge is 2.08. The molecule has 6 heteroatoms. The Morgan fingerprint density at radius 2 is 2.04 bits per heavy atom. The minimum Gasteiger partial charge on any atom is -0.493 e. The summed E-state index contributed by atoms with van der Waals surface area (Å²) in [5.74, 6) is 0.840. The highest BCUT2D eigenvalue weighted by Crippen LogP contribution is 2.20. The Balaban J connectivity index is 1.67. The van der Waals surface area contributed by atoms with Crippen LogP contribution in [0.15, 0.2) is 18.2 Å². The van der Waals surface area contributed by atoms with Gasteiger partial charge in [-0.15, -0.1) is 10.2 Å². The van der Waals surface area contributed by atoms with E-state index in [2.05, 4.69) is 35.4 Å². The maximum absolute atomic E-state index is 12.0. The second kappa shape index (κ2) is 10.1. The summed E-state index contributed by atoms with van der Waals surface area (Å²) >= 11 is 1.47. The Bertz CT molecular complexity index is 685. The van der Waals surface area contributed by atoms with Gasteiger partial charge in [-0.1, -0.05) is 48.8 Å². The fraction of sp³-hybridized carbons (Fsp3) is 0.526. The lowest BCUT2D eigenvalue weighted by atomic mass is 10.1. The molecule has 1 amide bonds. The fourth-order valence-electron chi connectivity index (χ4n) is 2.49. The summed E-state index contributed by atoms with van der Waals surface area (Å²) in [5, 5.41) is 12.6. The number of aromatic nitrogens is 2. The molecule has 0 spiro atoms. The molecular formula is C19H27N3O2S. The summed E-state index contributed by atoms with van der Waals surface area (Å²) in [5.41, 5.74) is 2.34. The molecule has 0 aliphatic carbocycles. The minimum atomic E-state index is -0.0412. The third-order valence-electron chi connectivity index (χ3n) is 3.84. The lowest BCUT2D eigenvalue weighted by Gasteiger charge is -2.09. The van der Waals surface area contributed by atoms with Crippen LogP contribution in [0.2, 0.25) is 0 Å². The van der Waals surface area contributed by atoms with Crippen LogP contribution >= 0.6 is 11.3 Å². The number of benzene rings is 1. The van der Waals surface area contributed by atoms with Gasteiger partial charge in [0.05, 0.1) is 6.61 Å². The molecule has 0 aliphatic heterocycles. The average molecular weight is 362 g/mol. The van der Waals surface area contributed by atoms with Crippen molar-refractivity contribution in [3.8, 4) is 5.75 Å². The molecule has 2 rings (SSSR count). The predicted molar refractivity (Wildman–Crippen MR) is 102 cm³/mol.